The van der Waals surface area contributed by atoms with Gasteiger partial charge in [0, 0.05) is 18.5 Å². The molecule has 1 saturated heterocycles. The zero-order valence-corrected chi connectivity index (χ0v) is 9.46. The van der Waals surface area contributed by atoms with Gasteiger partial charge in [-0.2, -0.15) is 0 Å². The predicted octanol–water partition coefficient (Wildman–Crippen LogP) is 2.18. The van der Waals surface area contributed by atoms with Gasteiger partial charge in [-0.25, -0.2) is 0 Å². The first-order chi connectivity index (χ1) is 7.12. The highest BCUT2D eigenvalue weighted by Crippen LogP contribution is 2.36. The maximum absolute atomic E-state index is 9.42. The molecule has 0 bridgehead atoms. The van der Waals surface area contributed by atoms with E-state index in [9.17, 15) is 5.11 Å². The van der Waals surface area contributed by atoms with Gasteiger partial charge in [0.05, 0.1) is 0 Å². The van der Waals surface area contributed by atoms with Crippen LogP contribution >= 0.6 is 0 Å². The Labute approximate surface area is 91.3 Å². The lowest BCUT2D eigenvalue weighted by molar-refractivity contribution is 0.0994. The molecule has 82 valence electrons. The highest BCUT2D eigenvalue weighted by Gasteiger charge is 2.39. The standard InChI is InChI=1S/C13H19NO/c1-10(2)13(8-14-9-13)7-11-4-3-5-12(15)6-11/h3-6,10,14-15H,7-9H2,1-2H3. The normalized spacial score (nSPS) is 18.9. The summed E-state index contributed by atoms with van der Waals surface area (Å²) >= 11 is 0. The van der Waals surface area contributed by atoms with Gasteiger partial charge in [-0.3, -0.25) is 0 Å². The van der Waals surface area contributed by atoms with Crippen LogP contribution in [0.5, 0.6) is 5.75 Å². The van der Waals surface area contributed by atoms with Gasteiger partial charge in [-0.1, -0.05) is 26.0 Å². The van der Waals surface area contributed by atoms with Crippen LogP contribution in [0, 0.1) is 11.3 Å². The van der Waals surface area contributed by atoms with E-state index in [0.29, 0.717) is 17.1 Å². The summed E-state index contributed by atoms with van der Waals surface area (Å²) in [6.45, 7) is 6.76. The molecule has 1 aliphatic heterocycles. The van der Waals surface area contributed by atoms with E-state index < -0.39 is 0 Å². The van der Waals surface area contributed by atoms with Crippen LogP contribution in [-0.4, -0.2) is 18.2 Å². The molecule has 0 aromatic heterocycles. The molecule has 0 saturated carbocycles. The molecule has 2 N–H and O–H groups in total. The van der Waals surface area contributed by atoms with Crippen molar-refractivity contribution in [3.05, 3.63) is 29.8 Å². The van der Waals surface area contributed by atoms with E-state index in [1.54, 1.807) is 6.07 Å². The Morgan fingerprint density at radius 2 is 2.13 bits per heavy atom. The molecule has 15 heavy (non-hydrogen) atoms. The van der Waals surface area contributed by atoms with Gasteiger partial charge in [0.2, 0.25) is 0 Å². The van der Waals surface area contributed by atoms with Crippen molar-refractivity contribution in [2.75, 3.05) is 13.1 Å². The molecule has 2 rings (SSSR count). The van der Waals surface area contributed by atoms with Crippen molar-refractivity contribution >= 4 is 0 Å². The van der Waals surface area contributed by atoms with Crippen molar-refractivity contribution in [3.63, 3.8) is 0 Å². The van der Waals surface area contributed by atoms with E-state index >= 15 is 0 Å². The fourth-order valence-corrected chi connectivity index (χ4v) is 2.26. The van der Waals surface area contributed by atoms with Gasteiger partial charge in [-0.05, 0) is 30.0 Å². The summed E-state index contributed by atoms with van der Waals surface area (Å²) in [5, 5.41) is 12.8. The number of phenols is 1. The lowest BCUT2D eigenvalue weighted by Gasteiger charge is -2.46. The summed E-state index contributed by atoms with van der Waals surface area (Å²) < 4.78 is 0. The van der Waals surface area contributed by atoms with Gasteiger partial charge in [0.15, 0.2) is 0 Å². The lowest BCUT2D eigenvalue weighted by Crippen LogP contribution is -2.57. The van der Waals surface area contributed by atoms with Gasteiger partial charge in [-0.15, -0.1) is 0 Å². The van der Waals surface area contributed by atoms with Crippen molar-refractivity contribution in [1.29, 1.82) is 0 Å². The number of rotatable bonds is 3. The van der Waals surface area contributed by atoms with Crippen LogP contribution in [0.4, 0.5) is 0 Å². The molecule has 2 nitrogen and oxygen atoms in total. The number of aromatic hydroxyl groups is 1. The molecule has 2 heteroatoms. The minimum absolute atomic E-state index is 0.374. The average Bonchev–Trinajstić information content (AvgIpc) is 2.11. The lowest BCUT2D eigenvalue weighted by atomic mass is 9.68. The van der Waals surface area contributed by atoms with Crippen LogP contribution in [0.25, 0.3) is 0 Å². The Morgan fingerprint density at radius 3 is 2.60 bits per heavy atom. The number of hydrogen-bond donors (Lipinski definition) is 2. The van der Waals surface area contributed by atoms with E-state index in [2.05, 4.69) is 25.2 Å². The van der Waals surface area contributed by atoms with E-state index in [1.807, 2.05) is 12.1 Å². The Kier molecular flexibility index (Phi) is 2.70. The zero-order chi connectivity index (χ0) is 10.9. The van der Waals surface area contributed by atoms with Crippen molar-refractivity contribution < 1.29 is 5.11 Å². The first kappa shape index (κ1) is 10.5. The molecule has 0 aliphatic carbocycles. The van der Waals surface area contributed by atoms with Crippen molar-refractivity contribution in [3.8, 4) is 5.75 Å². The second-order valence-corrected chi connectivity index (χ2v) is 4.97. The van der Waals surface area contributed by atoms with E-state index in [0.717, 1.165) is 19.5 Å². The molecular weight excluding hydrogens is 186 g/mol. The second kappa shape index (κ2) is 3.86. The molecule has 1 aromatic rings. The smallest absolute Gasteiger partial charge is 0.115 e. The molecule has 0 spiro atoms. The van der Waals surface area contributed by atoms with Gasteiger partial charge in [0.1, 0.15) is 5.75 Å². The fourth-order valence-electron chi connectivity index (χ4n) is 2.26. The molecule has 1 fully saturated rings. The van der Waals surface area contributed by atoms with Crippen LogP contribution in [0.2, 0.25) is 0 Å². The highest BCUT2D eigenvalue weighted by molar-refractivity contribution is 5.28. The zero-order valence-electron chi connectivity index (χ0n) is 9.46. The summed E-state index contributed by atoms with van der Waals surface area (Å²) in [4.78, 5) is 0. The molecule has 1 aromatic carbocycles. The van der Waals surface area contributed by atoms with Gasteiger partial charge < -0.3 is 10.4 Å². The second-order valence-electron chi connectivity index (χ2n) is 4.97. The van der Waals surface area contributed by atoms with Crippen molar-refractivity contribution in [2.24, 2.45) is 11.3 Å². The van der Waals surface area contributed by atoms with E-state index in [-0.39, 0.29) is 0 Å². The third kappa shape index (κ3) is 2.00. The largest absolute Gasteiger partial charge is 0.508 e. The van der Waals surface area contributed by atoms with Crippen LogP contribution in [-0.2, 0) is 6.42 Å². The topological polar surface area (TPSA) is 32.3 Å². The number of phenolic OH excluding ortho intramolecular Hbond substituents is 1. The highest BCUT2D eigenvalue weighted by atomic mass is 16.3. The Balaban J connectivity index is 2.13. The molecule has 1 heterocycles. The van der Waals surface area contributed by atoms with Crippen molar-refractivity contribution in [1.82, 2.24) is 5.32 Å². The Morgan fingerprint density at radius 1 is 1.40 bits per heavy atom. The fraction of sp³-hybridized carbons (Fsp3) is 0.538. The minimum Gasteiger partial charge on any atom is -0.508 e. The first-order valence-corrected chi connectivity index (χ1v) is 5.61. The van der Waals surface area contributed by atoms with E-state index in [1.165, 1.54) is 5.56 Å². The van der Waals surface area contributed by atoms with Gasteiger partial charge >= 0.3 is 0 Å². The molecule has 0 radical (unpaired) electrons. The minimum atomic E-state index is 0.374. The van der Waals surface area contributed by atoms with Gasteiger partial charge in [0.25, 0.3) is 0 Å². The maximum Gasteiger partial charge on any atom is 0.115 e. The number of hydrogen-bond acceptors (Lipinski definition) is 2. The molecular formula is C13H19NO. The Bertz CT molecular complexity index is 342. The summed E-state index contributed by atoms with van der Waals surface area (Å²) in [7, 11) is 0. The SMILES string of the molecule is CC(C)C1(Cc2cccc(O)c2)CNC1. The van der Waals surface area contributed by atoms with E-state index in [4.69, 9.17) is 0 Å². The third-order valence-corrected chi connectivity index (χ3v) is 3.65. The van der Waals surface area contributed by atoms with Crippen molar-refractivity contribution in [2.45, 2.75) is 20.3 Å². The van der Waals surface area contributed by atoms with Crippen LogP contribution < -0.4 is 5.32 Å². The van der Waals surface area contributed by atoms with Crippen LogP contribution in [0.3, 0.4) is 0 Å². The molecule has 0 unspecified atom stereocenters. The summed E-state index contributed by atoms with van der Waals surface area (Å²) in [5.74, 6) is 1.06. The van der Waals surface area contributed by atoms with Crippen LogP contribution in [0.15, 0.2) is 24.3 Å². The molecule has 0 amide bonds. The maximum atomic E-state index is 9.42. The third-order valence-electron chi connectivity index (χ3n) is 3.65. The summed E-state index contributed by atoms with van der Waals surface area (Å²) in [6.07, 6.45) is 1.06. The quantitative estimate of drug-likeness (QED) is 0.792. The Hall–Kier alpha value is -1.02. The number of nitrogens with one attached hydrogen (secondary N) is 1. The molecule has 1 aliphatic rings. The summed E-state index contributed by atoms with van der Waals surface area (Å²) in [5.41, 5.74) is 1.64. The predicted molar refractivity (Wildman–Crippen MR) is 62.0 cm³/mol. The monoisotopic (exact) mass is 205 g/mol. The average molecular weight is 205 g/mol. The molecule has 0 atom stereocenters. The summed E-state index contributed by atoms with van der Waals surface area (Å²) in [6, 6.07) is 7.62. The first-order valence-electron chi connectivity index (χ1n) is 5.61. The number of benzene rings is 1. The van der Waals surface area contributed by atoms with Crippen LogP contribution in [0.1, 0.15) is 19.4 Å².